The van der Waals surface area contributed by atoms with Crippen molar-refractivity contribution in [1.29, 1.82) is 0 Å². The van der Waals surface area contributed by atoms with Gasteiger partial charge in [-0.05, 0) is 43.7 Å². The molecule has 5 heteroatoms. The van der Waals surface area contributed by atoms with E-state index in [0.29, 0.717) is 18.2 Å². The molecule has 5 nitrogen and oxygen atoms in total. The highest BCUT2D eigenvalue weighted by Gasteiger charge is 2.09. The topological polar surface area (TPSA) is 56.1 Å². The van der Waals surface area contributed by atoms with Crippen molar-refractivity contribution in [2.45, 2.75) is 26.3 Å². The number of hydrogen-bond donors (Lipinski definition) is 1. The van der Waals surface area contributed by atoms with E-state index in [2.05, 4.69) is 28.7 Å². The molecule has 0 aliphatic rings. The number of carbonyl (C=O) groups excluding carboxylic acids is 1. The average molecular weight is 323 g/mol. The van der Waals surface area contributed by atoms with Crippen molar-refractivity contribution in [3.8, 4) is 5.75 Å². The number of amides is 1. The minimum atomic E-state index is -0.0640. The standard InChI is InChI=1S/C19H21N3O2/c1-13(2)22-12-20-17-9-14(7-8-18(17)22)10-19(23)21-15-5-4-6-16(11-15)24-3/h4-9,11-13H,10H2,1-3H3,(H,21,23). The Morgan fingerprint density at radius 2 is 2.08 bits per heavy atom. The largest absolute Gasteiger partial charge is 0.497 e. The molecule has 3 aromatic rings. The van der Waals surface area contributed by atoms with E-state index in [1.165, 1.54) is 0 Å². The lowest BCUT2D eigenvalue weighted by atomic mass is 10.1. The quantitative estimate of drug-likeness (QED) is 0.777. The number of methoxy groups -OCH3 is 1. The molecular formula is C19H21N3O2. The monoisotopic (exact) mass is 323 g/mol. The number of carbonyl (C=O) groups is 1. The summed E-state index contributed by atoms with van der Waals surface area (Å²) in [6.45, 7) is 4.24. The van der Waals surface area contributed by atoms with E-state index in [0.717, 1.165) is 22.3 Å². The minimum absolute atomic E-state index is 0.0640. The molecule has 0 saturated heterocycles. The normalized spacial score (nSPS) is 11.0. The summed E-state index contributed by atoms with van der Waals surface area (Å²) in [6.07, 6.45) is 2.15. The first-order valence-electron chi connectivity index (χ1n) is 7.96. The van der Waals surface area contributed by atoms with Crippen LogP contribution in [0.2, 0.25) is 0 Å². The highest BCUT2D eigenvalue weighted by molar-refractivity contribution is 5.93. The Balaban J connectivity index is 1.73. The third-order valence-electron chi connectivity index (χ3n) is 3.91. The summed E-state index contributed by atoms with van der Waals surface area (Å²) in [6, 6.07) is 13.7. The Hall–Kier alpha value is -2.82. The van der Waals surface area contributed by atoms with E-state index in [1.54, 1.807) is 13.2 Å². The van der Waals surface area contributed by atoms with Gasteiger partial charge in [0.15, 0.2) is 0 Å². The molecule has 0 atom stereocenters. The van der Waals surface area contributed by atoms with Crippen LogP contribution in [0, 0.1) is 0 Å². The molecule has 0 unspecified atom stereocenters. The van der Waals surface area contributed by atoms with Gasteiger partial charge in [0.25, 0.3) is 0 Å². The van der Waals surface area contributed by atoms with Gasteiger partial charge < -0.3 is 14.6 Å². The summed E-state index contributed by atoms with van der Waals surface area (Å²) in [5, 5.41) is 2.89. The number of ether oxygens (including phenoxy) is 1. The Labute approximate surface area is 141 Å². The molecule has 24 heavy (non-hydrogen) atoms. The lowest BCUT2D eigenvalue weighted by molar-refractivity contribution is -0.115. The van der Waals surface area contributed by atoms with Gasteiger partial charge in [-0.3, -0.25) is 4.79 Å². The van der Waals surface area contributed by atoms with E-state index in [1.807, 2.05) is 42.7 Å². The summed E-state index contributed by atoms with van der Waals surface area (Å²) in [5.74, 6) is 0.652. The van der Waals surface area contributed by atoms with Gasteiger partial charge >= 0.3 is 0 Å². The summed E-state index contributed by atoms with van der Waals surface area (Å²) < 4.78 is 7.28. The van der Waals surface area contributed by atoms with Crippen LogP contribution in [0.4, 0.5) is 5.69 Å². The molecule has 1 amide bonds. The summed E-state index contributed by atoms with van der Waals surface area (Å²) in [7, 11) is 1.60. The van der Waals surface area contributed by atoms with Crippen molar-refractivity contribution in [3.05, 3.63) is 54.4 Å². The van der Waals surface area contributed by atoms with Gasteiger partial charge in [-0.25, -0.2) is 4.98 Å². The maximum Gasteiger partial charge on any atom is 0.228 e. The molecule has 3 rings (SSSR count). The minimum Gasteiger partial charge on any atom is -0.497 e. The average Bonchev–Trinajstić information content (AvgIpc) is 2.98. The van der Waals surface area contributed by atoms with Crippen LogP contribution in [0.25, 0.3) is 11.0 Å². The van der Waals surface area contributed by atoms with E-state index in [-0.39, 0.29) is 5.91 Å². The van der Waals surface area contributed by atoms with Crippen molar-refractivity contribution in [1.82, 2.24) is 9.55 Å². The zero-order chi connectivity index (χ0) is 17.1. The molecule has 1 heterocycles. The number of hydrogen-bond acceptors (Lipinski definition) is 3. The maximum atomic E-state index is 12.3. The van der Waals surface area contributed by atoms with Crippen LogP contribution >= 0.6 is 0 Å². The maximum absolute atomic E-state index is 12.3. The summed E-state index contributed by atoms with van der Waals surface area (Å²) in [5.41, 5.74) is 3.67. The predicted molar refractivity (Wildman–Crippen MR) is 95.4 cm³/mol. The molecule has 0 aliphatic heterocycles. The molecule has 0 radical (unpaired) electrons. The highest BCUT2D eigenvalue weighted by atomic mass is 16.5. The van der Waals surface area contributed by atoms with Crippen molar-refractivity contribution in [2.24, 2.45) is 0 Å². The lowest BCUT2D eigenvalue weighted by Gasteiger charge is -2.09. The Morgan fingerprint density at radius 3 is 2.83 bits per heavy atom. The van der Waals surface area contributed by atoms with Crippen LogP contribution in [0.1, 0.15) is 25.5 Å². The van der Waals surface area contributed by atoms with Crippen LogP contribution in [0.5, 0.6) is 5.75 Å². The molecular weight excluding hydrogens is 302 g/mol. The predicted octanol–water partition coefficient (Wildman–Crippen LogP) is 3.81. The zero-order valence-electron chi connectivity index (χ0n) is 14.1. The first-order chi connectivity index (χ1) is 11.6. The zero-order valence-corrected chi connectivity index (χ0v) is 14.1. The Bertz CT molecular complexity index is 868. The first-order valence-corrected chi connectivity index (χ1v) is 7.96. The van der Waals surface area contributed by atoms with Crippen molar-refractivity contribution < 1.29 is 9.53 Å². The molecule has 0 spiro atoms. The smallest absolute Gasteiger partial charge is 0.228 e. The van der Waals surface area contributed by atoms with Gasteiger partial charge in [-0.15, -0.1) is 0 Å². The second kappa shape index (κ2) is 6.74. The van der Waals surface area contributed by atoms with Gasteiger partial charge in [-0.2, -0.15) is 0 Å². The Kier molecular flexibility index (Phi) is 4.51. The number of nitrogens with one attached hydrogen (secondary N) is 1. The third-order valence-corrected chi connectivity index (χ3v) is 3.91. The number of aromatic nitrogens is 2. The molecule has 0 saturated carbocycles. The molecule has 0 bridgehead atoms. The number of rotatable bonds is 5. The number of imidazole rings is 1. The van der Waals surface area contributed by atoms with Crippen LogP contribution < -0.4 is 10.1 Å². The first kappa shape index (κ1) is 16.1. The van der Waals surface area contributed by atoms with Crippen LogP contribution in [0.3, 0.4) is 0 Å². The van der Waals surface area contributed by atoms with E-state index in [9.17, 15) is 4.79 Å². The molecule has 1 N–H and O–H groups in total. The van der Waals surface area contributed by atoms with Gasteiger partial charge in [0.1, 0.15) is 5.75 Å². The van der Waals surface area contributed by atoms with Gasteiger partial charge in [0, 0.05) is 17.8 Å². The van der Waals surface area contributed by atoms with Crippen LogP contribution in [-0.2, 0) is 11.2 Å². The van der Waals surface area contributed by atoms with Crippen LogP contribution in [-0.4, -0.2) is 22.6 Å². The highest BCUT2D eigenvalue weighted by Crippen LogP contribution is 2.20. The number of benzene rings is 2. The van der Waals surface area contributed by atoms with Gasteiger partial charge in [0.05, 0.1) is 30.9 Å². The summed E-state index contributed by atoms with van der Waals surface area (Å²) >= 11 is 0. The Morgan fingerprint density at radius 1 is 1.25 bits per heavy atom. The lowest BCUT2D eigenvalue weighted by Crippen LogP contribution is -2.14. The second-order valence-corrected chi connectivity index (χ2v) is 6.03. The van der Waals surface area contributed by atoms with Crippen molar-refractivity contribution in [2.75, 3.05) is 12.4 Å². The van der Waals surface area contributed by atoms with Gasteiger partial charge in [0.2, 0.25) is 5.91 Å². The van der Waals surface area contributed by atoms with Crippen LogP contribution in [0.15, 0.2) is 48.8 Å². The molecule has 1 aromatic heterocycles. The third kappa shape index (κ3) is 3.40. The van der Waals surface area contributed by atoms with Crippen molar-refractivity contribution in [3.63, 3.8) is 0 Å². The van der Waals surface area contributed by atoms with Gasteiger partial charge in [-0.1, -0.05) is 12.1 Å². The molecule has 2 aromatic carbocycles. The van der Waals surface area contributed by atoms with E-state index in [4.69, 9.17) is 4.74 Å². The molecule has 0 aliphatic carbocycles. The number of fused-ring (bicyclic) bond motifs is 1. The fourth-order valence-corrected chi connectivity index (χ4v) is 2.69. The van der Waals surface area contributed by atoms with Crippen molar-refractivity contribution >= 4 is 22.6 Å². The number of nitrogens with zero attached hydrogens (tertiary/aromatic N) is 2. The second-order valence-electron chi connectivity index (χ2n) is 6.03. The van der Waals surface area contributed by atoms with E-state index >= 15 is 0 Å². The number of anilines is 1. The fraction of sp³-hybridized carbons (Fsp3) is 0.263. The molecule has 124 valence electrons. The fourth-order valence-electron chi connectivity index (χ4n) is 2.69. The summed E-state index contributed by atoms with van der Waals surface area (Å²) in [4.78, 5) is 16.7. The molecule has 0 fully saturated rings. The SMILES string of the molecule is COc1cccc(NC(=O)Cc2ccc3c(c2)ncn3C(C)C)c1. The van der Waals surface area contributed by atoms with E-state index < -0.39 is 0 Å².